The first-order valence-electron chi connectivity index (χ1n) is 7.48. The van der Waals surface area contributed by atoms with Crippen molar-refractivity contribution in [2.45, 2.75) is 39.2 Å². The summed E-state index contributed by atoms with van der Waals surface area (Å²) in [6.07, 6.45) is 1.13. The van der Waals surface area contributed by atoms with Crippen LogP contribution in [-0.2, 0) is 9.59 Å². The van der Waals surface area contributed by atoms with Crippen LogP contribution in [0.25, 0.3) is 0 Å². The highest BCUT2D eigenvalue weighted by Gasteiger charge is 2.24. The molecular weight excluding hydrogens is 325 g/mol. The largest absolute Gasteiger partial charge is 0.388 e. The molecule has 0 bridgehead atoms. The number of halogens is 3. The van der Waals surface area contributed by atoms with Crippen LogP contribution in [0.15, 0.2) is 12.1 Å². The summed E-state index contributed by atoms with van der Waals surface area (Å²) in [4.78, 5) is 23.3. The van der Waals surface area contributed by atoms with Crippen molar-refractivity contribution in [3.8, 4) is 0 Å². The van der Waals surface area contributed by atoms with Gasteiger partial charge in [0.2, 0.25) is 0 Å². The first kappa shape index (κ1) is 20.0. The lowest BCUT2D eigenvalue weighted by Crippen LogP contribution is -2.44. The predicted octanol–water partition coefficient (Wildman–Crippen LogP) is 2.35. The second-order valence-corrected chi connectivity index (χ2v) is 6.31. The Morgan fingerprint density at radius 3 is 2.21 bits per heavy atom. The number of hydrogen-bond acceptors (Lipinski definition) is 3. The van der Waals surface area contributed by atoms with E-state index in [4.69, 9.17) is 0 Å². The van der Waals surface area contributed by atoms with Crippen LogP contribution in [-0.4, -0.2) is 29.1 Å². The van der Waals surface area contributed by atoms with Gasteiger partial charge in [0.05, 0.1) is 5.60 Å². The molecule has 1 aromatic rings. The maximum Gasteiger partial charge on any atom is 0.313 e. The number of amides is 2. The van der Waals surface area contributed by atoms with Gasteiger partial charge in [0.1, 0.15) is 11.5 Å². The zero-order valence-electron chi connectivity index (χ0n) is 13.8. The molecule has 0 radical (unpaired) electrons. The van der Waals surface area contributed by atoms with Crippen molar-refractivity contribution in [3.63, 3.8) is 0 Å². The Bertz CT molecular complexity index is 596. The Hall–Kier alpha value is -2.09. The highest BCUT2D eigenvalue weighted by atomic mass is 19.1. The molecule has 5 nitrogen and oxygen atoms in total. The molecule has 0 aliphatic heterocycles. The fraction of sp³-hybridized carbons (Fsp3) is 0.500. The van der Waals surface area contributed by atoms with Gasteiger partial charge in [-0.2, -0.15) is 0 Å². The number of carbonyl (C=O) groups excluding carboxylic acids is 2. The normalized spacial score (nSPS) is 13.5. The van der Waals surface area contributed by atoms with E-state index >= 15 is 0 Å². The smallest absolute Gasteiger partial charge is 0.313 e. The van der Waals surface area contributed by atoms with Crippen molar-refractivity contribution >= 4 is 17.5 Å². The molecule has 3 N–H and O–H groups in total. The van der Waals surface area contributed by atoms with E-state index in [1.807, 2.05) is 13.8 Å². The van der Waals surface area contributed by atoms with Gasteiger partial charge in [-0.3, -0.25) is 9.59 Å². The number of carbonyl (C=O) groups is 2. The van der Waals surface area contributed by atoms with Crippen molar-refractivity contribution in [2.75, 3.05) is 11.9 Å². The summed E-state index contributed by atoms with van der Waals surface area (Å²) in [5.41, 5.74) is -2.13. The number of rotatable bonds is 6. The molecule has 0 heterocycles. The summed E-state index contributed by atoms with van der Waals surface area (Å²) < 4.78 is 39.6. The first-order valence-corrected chi connectivity index (χ1v) is 7.48. The first-order chi connectivity index (χ1) is 11.0. The molecule has 0 spiro atoms. The van der Waals surface area contributed by atoms with Crippen LogP contribution in [0.1, 0.15) is 33.6 Å². The zero-order chi connectivity index (χ0) is 18.5. The molecule has 8 heteroatoms. The molecule has 0 saturated heterocycles. The fourth-order valence-electron chi connectivity index (χ4n) is 1.87. The topological polar surface area (TPSA) is 78.4 Å². The van der Waals surface area contributed by atoms with Crippen LogP contribution < -0.4 is 10.6 Å². The summed E-state index contributed by atoms with van der Waals surface area (Å²) in [5, 5.41) is 14.0. The standard InChI is InChI=1S/C16H21F3N2O3/c1-9(2)4-5-16(3,24)8-20-14(22)15(23)21-13-11(18)6-10(17)7-12(13)19/h6-7,9,24H,4-5,8H2,1-3H3,(H,20,22)(H,21,23). The van der Waals surface area contributed by atoms with Gasteiger partial charge in [0.25, 0.3) is 0 Å². The Labute approximate surface area is 138 Å². The molecule has 24 heavy (non-hydrogen) atoms. The summed E-state index contributed by atoms with van der Waals surface area (Å²) >= 11 is 0. The minimum atomic E-state index is -1.34. The van der Waals surface area contributed by atoms with Crippen LogP contribution in [0.2, 0.25) is 0 Å². The van der Waals surface area contributed by atoms with Gasteiger partial charge < -0.3 is 15.7 Å². The fourth-order valence-corrected chi connectivity index (χ4v) is 1.87. The Kier molecular flexibility index (Phi) is 6.77. The van der Waals surface area contributed by atoms with E-state index in [0.29, 0.717) is 24.5 Å². The third-order valence-electron chi connectivity index (χ3n) is 3.34. The van der Waals surface area contributed by atoms with Gasteiger partial charge in [-0.15, -0.1) is 0 Å². The molecule has 1 aromatic carbocycles. The number of benzene rings is 1. The number of nitrogens with one attached hydrogen (secondary N) is 2. The maximum absolute atomic E-state index is 13.4. The molecule has 0 aliphatic carbocycles. The van der Waals surface area contributed by atoms with Crippen molar-refractivity contribution in [2.24, 2.45) is 5.92 Å². The summed E-state index contributed by atoms with van der Waals surface area (Å²) in [5.74, 6) is -5.94. The third-order valence-corrected chi connectivity index (χ3v) is 3.34. The van der Waals surface area contributed by atoms with Crippen LogP contribution in [0.4, 0.5) is 18.9 Å². The number of anilines is 1. The van der Waals surface area contributed by atoms with Gasteiger partial charge in [0.15, 0.2) is 11.6 Å². The zero-order valence-corrected chi connectivity index (χ0v) is 13.8. The molecule has 134 valence electrons. The molecule has 1 rings (SSSR count). The molecule has 2 amide bonds. The van der Waals surface area contributed by atoms with Crippen molar-refractivity contribution in [1.29, 1.82) is 0 Å². The van der Waals surface area contributed by atoms with E-state index in [1.54, 1.807) is 5.32 Å². The molecule has 0 saturated carbocycles. The Morgan fingerprint density at radius 2 is 1.71 bits per heavy atom. The van der Waals surface area contributed by atoms with Gasteiger partial charge in [-0.05, 0) is 25.7 Å². The van der Waals surface area contributed by atoms with Crippen LogP contribution in [0.3, 0.4) is 0 Å². The number of aliphatic hydroxyl groups is 1. The SMILES string of the molecule is CC(C)CCC(C)(O)CNC(=O)C(=O)Nc1c(F)cc(F)cc1F. The summed E-state index contributed by atoms with van der Waals surface area (Å²) in [6.45, 7) is 5.27. The quantitative estimate of drug-likeness (QED) is 0.692. The predicted molar refractivity (Wildman–Crippen MR) is 82.7 cm³/mol. The average molecular weight is 346 g/mol. The average Bonchev–Trinajstić information content (AvgIpc) is 2.46. The van der Waals surface area contributed by atoms with E-state index in [2.05, 4.69) is 5.32 Å². The summed E-state index contributed by atoms with van der Waals surface area (Å²) in [6, 6.07) is 0.764. The Balaban J connectivity index is 2.62. The van der Waals surface area contributed by atoms with Gasteiger partial charge >= 0.3 is 11.8 Å². The van der Waals surface area contributed by atoms with E-state index in [-0.39, 0.29) is 6.54 Å². The van der Waals surface area contributed by atoms with E-state index in [9.17, 15) is 27.9 Å². The molecule has 1 atom stereocenters. The summed E-state index contributed by atoms with van der Waals surface area (Å²) in [7, 11) is 0. The van der Waals surface area contributed by atoms with Crippen molar-refractivity contribution in [3.05, 3.63) is 29.6 Å². The third kappa shape index (κ3) is 6.19. The van der Waals surface area contributed by atoms with Crippen LogP contribution in [0.5, 0.6) is 0 Å². The maximum atomic E-state index is 13.4. The highest BCUT2D eigenvalue weighted by molar-refractivity contribution is 6.39. The lowest BCUT2D eigenvalue weighted by molar-refractivity contribution is -0.136. The monoisotopic (exact) mass is 346 g/mol. The van der Waals surface area contributed by atoms with Crippen LogP contribution in [0, 0.1) is 23.4 Å². The lowest BCUT2D eigenvalue weighted by Gasteiger charge is -2.24. The highest BCUT2D eigenvalue weighted by Crippen LogP contribution is 2.20. The van der Waals surface area contributed by atoms with Gasteiger partial charge in [-0.25, -0.2) is 13.2 Å². The van der Waals surface area contributed by atoms with E-state index in [1.165, 1.54) is 6.92 Å². The molecule has 1 unspecified atom stereocenters. The van der Waals surface area contributed by atoms with Crippen molar-refractivity contribution < 1.29 is 27.9 Å². The van der Waals surface area contributed by atoms with Gasteiger partial charge in [-0.1, -0.05) is 13.8 Å². The number of hydrogen-bond donors (Lipinski definition) is 3. The molecular formula is C16H21F3N2O3. The van der Waals surface area contributed by atoms with E-state index in [0.717, 1.165) is 6.42 Å². The Morgan fingerprint density at radius 1 is 1.17 bits per heavy atom. The minimum Gasteiger partial charge on any atom is -0.388 e. The van der Waals surface area contributed by atoms with Crippen molar-refractivity contribution in [1.82, 2.24) is 5.32 Å². The van der Waals surface area contributed by atoms with Gasteiger partial charge in [0, 0.05) is 18.7 Å². The molecule has 0 fully saturated rings. The van der Waals surface area contributed by atoms with E-state index < -0.39 is 40.6 Å². The molecule has 0 aliphatic rings. The second-order valence-electron chi connectivity index (χ2n) is 6.31. The minimum absolute atomic E-state index is 0.194. The second kappa shape index (κ2) is 8.14. The lowest BCUT2D eigenvalue weighted by atomic mass is 9.95. The molecule has 0 aromatic heterocycles. The van der Waals surface area contributed by atoms with Crippen LogP contribution >= 0.6 is 0 Å².